The van der Waals surface area contributed by atoms with Gasteiger partial charge in [0.25, 0.3) is 5.91 Å². The molecule has 0 radical (unpaired) electrons. The number of para-hydroxylation sites is 1. The number of halogens is 1. The number of amides is 1. The van der Waals surface area contributed by atoms with Gasteiger partial charge in [0.05, 0.1) is 11.1 Å². The molecule has 1 N–H and O–H groups in total. The van der Waals surface area contributed by atoms with Crippen LogP contribution in [-0.2, 0) is 4.79 Å². The topological polar surface area (TPSA) is 38.3 Å². The van der Waals surface area contributed by atoms with Crippen molar-refractivity contribution in [1.29, 1.82) is 0 Å². The molecule has 0 fully saturated rings. The summed E-state index contributed by atoms with van der Waals surface area (Å²) in [7, 11) is 0. The molecule has 3 nitrogen and oxygen atoms in total. The molecule has 2 atom stereocenters. The summed E-state index contributed by atoms with van der Waals surface area (Å²) in [6.07, 6.45) is -0.00429. The molecular weight excluding hydrogens is 322 g/mol. The van der Waals surface area contributed by atoms with Crippen LogP contribution in [0.25, 0.3) is 0 Å². The third-order valence-corrected chi connectivity index (χ3v) is 4.47. The Labute approximate surface area is 149 Å². The maximum atomic E-state index is 12.5. The highest BCUT2D eigenvalue weighted by molar-refractivity contribution is 6.32. The highest BCUT2D eigenvalue weighted by atomic mass is 35.5. The average Bonchev–Trinajstić information content (AvgIpc) is 2.56. The lowest BCUT2D eigenvalue weighted by molar-refractivity contribution is -0.128. The third kappa shape index (κ3) is 4.51. The minimum atomic E-state index is -0.570. The van der Waals surface area contributed by atoms with Gasteiger partial charge in [0.2, 0.25) is 0 Å². The fraction of sp³-hybridized carbons (Fsp3) is 0.350. The number of hydrogen-bond donors (Lipinski definition) is 1. The summed E-state index contributed by atoms with van der Waals surface area (Å²) in [5, 5.41) is 3.53. The number of rotatable bonds is 6. The molecule has 0 aliphatic heterocycles. The molecule has 0 aliphatic carbocycles. The van der Waals surface area contributed by atoms with Gasteiger partial charge < -0.3 is 10.1 Å². The maximum absolute atomic E-state index is 12.5. The Balaban J connectivity index is 2.05. The van der Waals surface area contributed by atoms with Gasteiger partial charge in [-0.15, -0.1) is 0 Å². The van der Waals surface area contributed by atoms with Gasteiger partial charge in [-0.25, -0.2) is 0 Å². The van der Waals surface area contributed by atoms with E-state index >= 15 is 0 Å². The molecule has 0 unspecified atom stereocenters. The van der Waals surface area contributed by atoms with Crippen LogP contribution in [0.4, 0.5) is 0 Å². The number of aryl methyl sites for hydroxylation is 2. The molecule has 0 aromatic heterocycles. The van der Waals surface area contributed by atoms with Crippen LogP contribution in [0.3, 0.4) is 0 Å². The summed E-state index contributed by atoms with van der Waals surface area (Å²) in [4.78, 5) is 12.5. The SMILES string of the molecule is CC[C@@H](Oc1ccccc1Cl)C(=O)N[C@H](C)c1ccc(C)c(C)c1. The van der Waals surface area contributed by atoms with Crippen molar-refractivity contribution in [1.82, 2.24) is 5.32 Å². The van der Waals surface area contributed by atoms with Crippen LogP contribution in [0.2, 0.25) is 5.02 Å². The van der Waals surface area contributed by atoms with Crippen LogP contribution in [0.5, 0.6) is 5.75 Å². The van der Waals surface area contributed by atoms with Gasteiger partial charge in [-0.05, 0) is 56.0 Å². The molecule has 0 spiro atoms. The molecule has 0 bridgehead atoms. The quantitative estimate of drug-likeness (QED) is 0.800. The van der Waals surface area contributed by atoms with Crippen molar-refractivity contribution in [3.05, 3.63) is 64.2 Å². The Hall–Kier alpha value is -2.00. The van der Waals surface area contributed by atoms with Crippen molar-refractivity contribution in [2.75, 3.05) is 0 Å². The molecule has 2 aromatic carbocycles. The Kier molecular flexibility index (Phi) is 6.27. The zero-order valence-electron chi connectivity index (χ0n) is 14.6. The molecule has 2 aromatic rings. The largest absolute Gasteiger partial charge is 0.479 e. The normalized spacial score (nSPS) is 13.2. The Morgan fingerprint density at radius 2 is 1.88 bits per heavy atom. The first-order valence-corrected chi connectivity index (χ1v) is 8.59. The second-order valence-electron chi connectivity index (χ2n) is 6.02. The number of hydrogen-bond acceptors (Lipinski definition) is 2. The fourth-order valence-corrected chi connectivity index (χ4v) is 2.62. The molecular formula is C20H24ClNO2. The van der Waals surface area contributed by atoms with Crippen LogP contribution >= 0.6 is 11.6 Å². The molecule has 0 saturated heterocycles. The molecule has 2 rings (SSSR count). The van der Waals surface area contributed by atoms with Crippen molar-refractivity contribution in [3.8, 4) is 5.75 Å². The van der Waals surface area contributed by atoms with Crippen LogP contribution in [0.15, 0.2) is 42.5 Å². The first-order valence-electron chi connectivity index (χ1n) is 8.21. The number of nitrogens with one attached hydrogen (secondary N) is 1. The van der Waals surface area contributed by atoms with E-state index in [1.165, 1.54) is 11.1 Å². The summed E-state index contributed by atoms with van der Waals surface area (Å²) >= 11 is 6.11. The van der Waals surface area contributed by atoms with E-state index in [0.717, 1.165) is 5.56 Å². The van der Waals surface area contributed by atoms with Crippen LogP contribution in [-0.4, -0.2) is 12.0 Å². The Morgan fingerprint density at radius 3 is 2.50 bits per heavy atom. The number of ether oxygens (including phenoxy) is 1. The van der Waals surface area contributed by atoms with E-state index in [4.69, 9.17) is 16.3 Å². The molecule has 128 valence electrons. The van der Waals surface area contributed by atoms with Crippen molar-refractivity contribution >= 4 is 17.5 Å². The fourth-order valence-electron chi connectivity index (χ4n) is 2.44. The van der Waals surface area contributed by atoms with Crippen molar-refractivity contribution in [2.45, 2.75) is 46.3 Å². The average molecular weight is 346 g/mol. The molecule has 0 saturated carbocycles. The van der Waals surface area contributed by atoms with E-state index in [9.17, 15) is 4.79 Å². The highest BCUT2D eigenvalue weighted by Gasteiger charge is 2.21. The molecule has 24 heavy (non-hydrogen) atoms. The van der Waals surface area contributed by atoms with E-state index in [-0.39, 0.29) is 11.9 Å². The Bertz CT molecular complexity index is 715. The van der Waals surface area contributed by atoms with Gasteiger partial charge in [-0.1, -0.05) is 48.9 Å². The first kappa shape index (κ1) is 18.3. The summed E-state index contributed by atoms with van der Waals surface area (Å²) < 4.78 is 5.79. The first-order chi connectivity index (χ1) is 11.4. The van der Waals surface area contributed by atoms with E-state index in [0.29, 0.717) is 17.2 Å². The predicted octanol–water partition coefficient (Wildman–Crippen LogP) is 4.99. The van der Waals surface area contributed by atoms with Crippen molar-refractivity contribution in [2.24, 2.45) is 0 Å². The zero-order valence-corrected chi connectivity index (χ0v) is 15.4. The van der Waals surface area contributed by atoms with Gasteiger partial charge in [-0.3, -0.25) is 4.79 Å². The lowest BCUT2D eigenvalue weighted by Crippen LogP contribution is -2.39. The standard InChI is InChI=1S/C20H24ClNO2/c1-5-18(24-19-9-7-6-8-17(19)21)20(23)22-15(4)16-11-10-13(2)14(3)12-16/h6-12,15,18H,5H2,1-4H3,(H,22,23)/t15-,18-/m1/s1. The highest BCUT2D eigenvalue weighted by Crippen LogP contribution is 2.25. The van der Waals surface area contributed by atoms with Gasteiger partial charge >= 0.3 is 0 Å². The van der Waals surface area contributed by atoms with E-state index in [1.807, 2.05) is 32.0 Å². The second kappa shape index (κ2) is 8.20. The second-order valence-corrected chi connectivity index (χ2v) is 6.43. The smallest absolute Gasteiger partial charge is 0.261 e. The molecule has 0 heterocycles. The van der Waals surface area contributed by atoms with Gasteiger partial charge in [0.1, 0.15) is 5.75 Å². The minimum absolute atomic E-state index is 0.0827. The van der Waals surface area contributed by atoms with Crippen LogP contribution in [0.1, 0.15) is 43.0 Å². The molecule has 1 amide bonds. The number of carbonyl (C=O) groups excluding carboxylic acids is 1. The monoisotopic (exact) mass is 345 g/mol. The Morgan fingerprint density at radius 1 is 1.17 bits per heavy atom. The van der Waals surface area contributed by atoms with Crippen LogP contribution < -0.4 is 10.1 Å². The lowest BCUT2D eigenvalue weighted by atomic mass is 10.0. The van der Waals surface area contributed by atoms with E-state index < -0.39 is 6.10 Å². The van der Waals surface area contributed by atoms with Crippen molar-refractivity contribution in [3.63, 3.8) is 0 Å². The molecule has 0 aliphatic rings. The minimum Gasteiger partial charge on any atom is -0.479 e. The van der Waals surface area contributed by atoms with Crippen molar-refractivity contribution < 1.29 is 9.53 Å². The molecule has 4 heteroatoms. The van der Waals surface area contributed by atoms with Gasteiger partial charge in [0.15, 0.2) is 6.10 Å². The summed E-state index contributed by atoms with van der Waals surface area (Å²) in [5.41, 5.74) is 3.54. The van der Waals surface area contributed by atoms with Crippen LogP contribution in [0, 0.1) is 13.8 Å². The maximum Gasteiger partial charge on any atom is 0.261 e. The zero-order chi connectivity index (χ0) is 17.7. The van der Waals surface area contributed by atoms with E-state index in [2.05, 4.69) is 31.3 Å². The summed E-state index contributed by atoms with van der Waals surface area (Å²) in [5.74, 6) is 0.392. The van der Waals surface area contributed by atoms with Gasteiger partial charge in [0, 0.05) is 0 Å². The van der Waals surface area contributed by atoms with E-state index in [1.54, 1.807) is 12.1 Å². The lowest BCUT2D eigenvalue weighted by Gasteiger charge is -2.21. The van der Waals surface area contributed by atoms with Gasteiger partial charge in [-0.2, -0.15) is 0 Å². The summed E-state index contributed by atoms with van der Waals surface area (Å²) in [6.45, 7) is 8.04. The number of benzene rings is 2. The predicted molar refractivity (Wildman–Crippen MR) is 98.6 cm³/mol. The third-order valence-electron chi connectivity index (χ3n) is 4.16. The number of carbonyl (C=O) groups is 1. The summed E-state index contributed by atoms with van der Waals surface area (Å²) in [6, 6.07) is 13.3.